The second-order valence-electron chi connectivity index (χ2n) is 5.41. The lowest BCUT2D eigenvalue weighted by molar-refractivity contribution is -0.141. The highest BCUT2D eigenvalue weighted by molar-refractivity contribution is 7.99. The molecule has 2 unspecified atom stereocenters. The molecule has 27 heavy (non-hydrogen) atoms. The van der Waals surface area contributed by atoms with Gasteiger partial charge < -0.3 is 26.0 Å². The summed E-state index contributed by atoms with van der Waals surface area (Å²) >= 11 is 0.902. The summed E-state index contributed by atoms with van der Waals surface area (Å²) in [6, 6.07) is 3.53. The van der Waals surface area contributed by atoms with Gasteiger partial charge in [-0.15, -0.1) is 11.8 Å². The molecule has 2 atom stereocenters. The second-order valence-corrected chi connectivity index (χ2v) is 6.60. The SMILES string of the molecule is O=C(O)CCC(NC(=O)NCC(SCc1ccccc1F)C(=O)O)C(=O)O. The standard InChI is InChI=1S/C16H19FN2O7S/c17-10-4-2-1-3-9(10)8-27-12(15(24)25)7-18-16(26)19-11(14(22)23)5-6-13(20)21/h1-4,11-12H,5-8H2,(H,20,21)(H,22,23)(H,24,25)(H2,18,19,26). The van der Waals surface area contributed by atoms with Gasteiger partial charge in [-0.2, -0.15) is 0 Å². The molecule has 0 aromatic heterocycles. The number of aliphatic carboxylic acids is 3. The Morgan fingerprint density at radius 1 is 1.07 bits per heavy atom. The van der Waals surface area contributed by atoms with Crippen LogP contribution in [0, 0.1) is 5.82 Å². The molecular formula is C16H19FN2O7S. The highest BCUT2D eigenvalue weighted by atomic mass is 32.2. The molecule has 0 fully saturated rings. The smallest absolute Gasteiger partial charge is 0.326 e. The van der Waals surface area contributed by atoms with Crippen LogP contribution < -0.4 is 10.6 Å². The molecular weight excluding hydrogens is 383 g/mol. The quantitative estimate of drug-likeness (QED) is 0.369. The summed E-state index contributed by atoms with van der Waals surface area (Å²) in [6.45, 7) is -0.328. The predicted octanol–water partition coefficient (Wildman–Crippen LogP) is 1.13. The van der Waals surface area contributed by atoms with Crippen LogP contribution in [0.1, 0.15) is 18.4 Å². The van der Waals surface area contributed by atoms with Gasteiger partial charge in [-0.1, -0.05) is 18.2 Å². The van der Waals surface area contributed by atoms with Crippen molar-refractivity contribution in [1.82, 2.24) is 10.6 Å². The van der Waals surface area contributed by atoms with Gasteiger partial charge in [0.25, 0.3) is 0 Å². The van der Waals surface area contributed by atoms with Gasteiger partial charge in [-0.05, 0) is 18.1 Å². The van der Waals surface area contributed by atoms with E-state index in [9.17, 15) is 28.7 Å². The van der Waals surface area contributed by atoms with E-state index in [0.29, 0.717) is 5.56 Å². The number of carbonyl (C=O) groups is 4. The van der Waals surface area contributed by atoms with E-state index >= 15 is 0 Å². The number of carboxylic acids is 3. The third-order valence-electron chi connectivity index (χ3n) is 3.37. The number of nitrogens with one attached hydrogen (secondary N) is 2. The predicted molar refractivity (Wildman–Crippen MR) is 93.9 cm³/mol. The van der Waals surface area contributed by atoms with E-state index in [1.165, 1.54) is 18.2 Å². The van der Waals surface area contributed by atoms with Crippen LogP contribution >= 0.6 is 11.8 Å². The average Bonchev–Trinajstić information content (AvgIpc) is 2.59. The molecule has 11 heteroatoms. The number of hydrogen-bond acceptors (Lipinski definition) is 5. The minimum Gasteiger partial charge on any atom is -0.481 e. The van der Waals surface area contributed by atoms with Crippen LogP contribution in [0.15, 0.2) is 24.3 Å². The van der Waals surface area contributed by atoms with Gasteiger partial charge in [-0.3, -0.25) is 9.59 Å². The molecule has 1 aromatic carbocycles. The van der Waals surface area contributed by atoms with Crippen LogP contribution in [0.4, 0.5) is 9.18 Å². The molecule has 1 aromatic rings. The number of thioether (sulfide) groups is 1. The van der Waals surface area contributed by atoms with Crippen molar-refractivity contribution in [2.45, 2.75) is 29.9 Å². The molecule has 0 saturated heterocycles. The highest BCUT2D eigenvalue weighted by Gasteiger charge is 2.23. The van der Waals surface area contributed by atoms with Crippen molar-refractivity contribution in [2.75, 3.05) is 6.54 Å². The van der Waals surface area contributed by atoms with Gasteiger partial charge in [0.2, 0.25) is 0 Å². The van der Waals surface area contributed by atoms with E-state index in [1.807, 2.05) is 0 Å². The second kappa shape index (κ2) is 11.0. The van der Waals surface area contributed by atoms with Crippen LogP contribution in [0.25, 0.3) is 0 Å². The van der Waals surface area contributed by atoms with Gasteiger partial charge >= 0.3 is 23.9 Å². The Kier molecular flexibility index (Phi) is 9.06. The van der Waals surface area contributed by atoms with Crippen molar-refractivity contribution in [1.29, 1.82) is 0 Å². The van der Waals surface area contributed by atoms with E-state index in [-0.39, 0.29) is 18.7 Å². The molecule has 148 valence electrons. The van der Waals surface area contributed by atoms with Gasteiger partial charge in [0, 0.05) is 18.7 Å². The zero-order chi connectivity index (χ0) is 20.4. The minimum absolute atomic E-state index is 0.0727. The number of amides is 2. The first-order valence-electron chi connectivity index (χ1n) is 7.77. The van der Waals surface area contributed by atoms with Gasteiger partial charge in [-0.25, -0.2) is 14.0 Å². The summed E-state index contributed by atoms with van der Waals surface area (Å²) in [5.74, 6) is -4.24. The van der Waals surface area contributed by atoms with E-state index in [0.717, 1.165) is 11.8 Å². The third kappa shape index (κ3) is 8.40. The minimum atomic E-state index is -1.42. The summed E-state index contributed by atoms with van der Waals surface area (Å²) in [4.78, 5) is 44.6. The molecule has 0 saturated carbocycles. The monoisotopic (exact) mass is 402 g/mol. The Balaban J connectivity index is 2.53. The van der Waals surface area contributed by atoms with Gasteiger partial charge in [0.15, 0.2) is 0 Å². The molecule has 0 aliphatic carbocycles. The fourth-order valence-electron chi connectivity index (χ4n) is 1.94. The van der Waals surface area contributed by atoms with Crippen LogP contribution in [-0.4, -0.2) is 57.1 Å². The number of hydrogen-bond donors (Lipinski definition) is 5. The van der Waals surface area contributed by atoms with E-state index in [1.54, 1.807) is 6.07 Å². The number of benzene rings is 1. The Hall–Kier alpha value is -2.82. The summed E-state index contributed by atoms with van der Waals surface area (Å²) < 4.78 is 13.6. The average molecular weight is 402 g/mol. The number of rotatable bonds is 11. The van der Waals surface area contributed by atoms with Crippen molar-refractivity contribution < 1.29 is 38.9 Å². The first kappa shape index (κ1) is 22.2. The molecule has 0 aliphatic rings. The Labute approximate surface area is 157 Å². The maximum atomic E-state index is 13.6. The van der Waals surface area contributed by atoms with Gasteiger partial charge in [0.05, 0.1) is 0 Å². The molecule has 1 rings (SSSR count). The molecule has 0 heterocycles. The summed E-state index contributed by atoms with van der Waals surface area (Å²) in [5.41, 5.74) is 0.317. The lowest BCUT2D eigenvalue weighted by atomic mass is 10.1. The highest BCUT2D eigenvalue weighted by Crippen LogP contribution is 2.20. The molecule has 2 amide bonds. The molecule has 5 N–H and O–H groups in total. The van der Waals surface area contributed by atoms with Crippen LogP contribution in [0.5, 0.6) is 0 Å². The van der Waals surface area contributed by atoms with E-state index in [2.05, 4.69) is 10.6 Å². The van der Waals surface area contributed by atoms with Gasteiger partial charge in [0.1, 0.15) is 17.1 Å². The zero-order valence-corrected chi connectivity index (χ0v) is 14.9. The summed E-state index contributed by atoms with van der Waals surface area (Å²) in [6.07, 6.45) is -0.768. The summed E-state index contributed by atoms with van der Waals surface area (Å²) in [7, 11) is 0. The largest absolute Gasteiger partial charge is 0.481 e. The van der Waals surface area contributed by atoms with E-state index < -0.39 is 47.5 Å². The lowest BCUT2D eigenvalue weighted by Crippen LogP contribution is -2.48. The van der Waals surface area contributed by atoms with Crippen molar-refractivity contribution >= 4 is 35.7 Å². The first-order chi connectivity index (χ1) is 12.7. The number of halogens is 1. The Morgan fingerprint density at radius 3 is 2.30 bits per heavy atom. The molecule has 0 bridgehead atoms. The van der Waals surface area contributed by atoms with Crippen molar-refractivity contribution in [3.05, 3.63) is 35.6 Å². The molecule has 9 nitrogen and oxygen atoms in total. The zero-order valence-electron chi connectivity index (χ0n) is 14.1. The van der Waals surface area contributed by atoms with Crippen LogP contribution in [0.2, 0.25) is 0 Å². The normalized spacial score (nSPS) is 12.6. The molecule has 0 aliphatic heterocycles. The fourth-order valence-corrected chi connectivity index (χ4v) is 2.90. The number of urea groups is 1. The third-order valence-corrected chi connectivity index (χ3v) is 4.62. The van der Waals surface area contributed by atoms with E-state index in [4.69, 9.17) is 10.2 Å². The molecule has 0 spiro atoms. The number of carboxylic acid groups (broad SMARTS) is 3. The molecule has 0 radical (unpaired) electrons. The van der Waals surface area contributed by atoms with Crippen molar-refractivity contribution in [2.24, 2.45) is 0 Å². The van der Waals surface area contributed by atoms with Crippen molar-refractivity contribution in [3.8, 4) is 0 Å². The van der Waals surface area contributed by atoms with Crippen molar-refractivity contribution in [3.63, 3.8) is 0 Å². The number of carbonyl (C=O) groups excluding carboxylic acids is 1. The topological polar surface area (TPSA) is 153 Å². The Morgan fingerprint density at radius 2 is 1.74 bits per heavy atom. The van der Waals surface area contributed by atoms with Crippen LogP contribution in [-0.2, 0) is 20.1 Å². The lowest BCUT2D eigenvalue weighted by Gasteiger charge is -2.17. The maximum Gasteiger partial charge on any atom is 0.326 e. The van der Waals surface area contributed by atoms with Crippen LogP contribution in [0.3, 0.4) is 0 Å². The fraction of sp³-hybridized carbons (Fsp3) is 0.375. The maximum absolute atomic E-state index is 13.6. The first-order valence-corrected chi connectivity index (χ1v) is 8.82. The Bertz CT molecular complexity index is 701. The summed E-state index contributed by atoms with van der Waals surface area (Å²) in [5, 5.41) is 30.0.